The topological polar surface area (TPSA) is 55.4 Å². The molecule has 0 spiro atoms. The van der Waals surface area contributed by atoms with Crippen molar-refractivity contribution in [1.82, 2.24) is 0 Å². The molecule has 2 aromatic heterocycles. The summed E-state index contributed by atoms with van der Waals surface area (Å²) in [5.74, 6) is 0. The maximum absolute atomic E-state index is 6.73. The third-order valence-electron chi connectivity index (χ3n) is 22.4. The maximum Gasteiger partial charge on any atom is 0.494 e. The number of fused-ring (bicyclic) bond motifs is 12. The molecule has 3 aliphatic heterocycles. The first-order valence-corrected chi connectivity index (χ1v) is 35.8. The molecule has 0 radical (unpaired) electrons. The fourth-order valence-corrected chi connectivity index (χ4v) is 17.4. The van der Waals surface area contributed by atoms with E-state index in [1.807, 2.05) is 78.1 Å². The third kappa shape index (κ3) is 10.8. The van der Waals surface area contributed by atoms with Gasteiger partial charge in [0.15, 0.2) is 0 Å². The summed E-state index contributed by atoms with van der Waals surface area (Å²) in [4.78, 5) is 0. The molecule has 6 nitrogen and oxygen atoms in total. The number of thiophene rings is 2. The minimum Gasteiger partial charge on any atom is -0.405 e. The van der Waals surface area contributed by atoms with E-state index >= 15 is 0 Å². The van der Waals surface area contributed by atoms with E-state index in [4.69, 9.17) is 39.5 Å². The van der Waals surface area contributed by atoms with E-state index in [-0.39, 0.29) is 33.2 Å². The Labute approximate surface area is 580 Å². The van der Waals surface area contributed by atoms with Crippen LogP contribution < -0.4 is 5.46 Å². The molecule has 0 N–H and O–H groups in total. The molecule has 17 rings (SSSR count). The van der Waals surface area contributed by atoms with E-state index in [0.29, 0.717) is 0 Å². The zero-order chi connectivity index (χ0) is 67.4. The van der Waals surface area contributed by atoms with Gasteiger partial charge in [0, 0.05) is 56.2 Å². The SMILES string of the molecule is CC1(C)OB(B2OC(C)(C)C(C)(C)O2)OC1(C)C.CC1(C)c2ccccc2-c2ccc(-c3cc(B4OC(C)(C)C(C)(C)O4)cc(-c4cccc5c4sc4ccccc45)c3)cc21.CC1(C)c2ccccc2-c2ccc(-c3cc(Cl)cc(-c4cccc5c4sc4ccccc45)c3)cc21. The summed E-state index contributed by atoms with van der Waals surface area (Å²) >= 11 is 10.5. The van der Waals surface area contributed by atoms with Gasteiger partial charge in [-0.1, -0.05) is 197 Å². The second-order valence-corrected chi connectivity index (χ2v) is 33.4. The number of hydrogen-bond donors (Lipinski definition) is 0. The van der Waals surface area contributed by atoms with Crippen LogP contribution in [-0.2, 0) is 38.8 Å². The average molecular weight is 1320 g/mol. The van der Waals surface area contributed by atoms with Crippen LogP contribution in [0.3, 0.4) is 0 Å². The van der Waals surface area contributed by atoms with Crippen molar-refractivity contribution < 1.29 is 27.9 Å². The van der Waals surface area contributed by atoms with Gasteiger partial charge in [0.1, 0.15) is 0 Å². The van der Waals surface area contributed by atoms with Crippen molar-refractivity contribution in [2.45, 2.75) is 155 Å². The van der Waals surface area contributed by atoms with Crippen molar-refractivity contribution in [1.29, 1.82) is 0 Å². The molecular weight excluding hydrogens is 1240 g/mol. The highest BCUT2D eigenvalue weighted by molar-refractivity contribution is 7.26. The monoisotopic (exact) mass is 1320 g/mol. The molecule has 0 atom stereocenters. The maximum atomic E-state index is 6.73. The summed E-state index contributed by atoms with van der Waals surface area (Å²) in [6.07, 6.45) is 0. The van der Waals surface area contributed by atoms with Gasteiger partial charge in [-0.25, -0.2) is 0 Å². The van der Waals surface area contributed by atoms with E-state index in [2.05, 4.69) is 262 Å². The van der Waals surface area contributed by atoms with Gasteiger partial charge in [-0.15, -0.1) is 22.7 Å². The zero-order valence-electron chi connectivity index (χ0n) is 58.0. The summed E-state index contributed by atoms with van der Waals surface area (Å²) in [6.45, 7) is 34.0. The molecule has 10 aromatic carbocycles. The van der Waals surface area contributed by atoms with Crippen LogP contribution in [0.15, 0.2) is 206 Å². The largest absolute Gasteiger partial charge is 0.494 e. The highest BCUT2D eigenvalue weighted by atomic mass is 35.5. The molecule has 5 aliphatic rings. The summed E-state index contributed by atoms with van der Waals surface area (Å²) in [5.41, 5.74) is 19.2. The van der Waals surface area contributed by atoms with Gasteiger partial charge in [0.25, 0.3) is 0 Å². The van der Waals surface area contributed by atoms with Crippen molar-refractivity contribution in [2.24, 2.45) is 0 Å². The molecule has 5 heterocycles. The van der Waals surface area contributed by atoms with Crippen LogP contribution in [-0.4, -0.2) is 54.7 Å². The zero-order valence-corrected chi connectivity index (χ0v) is 60.4. The second kappa shape index (κ2) is 23.0. The Morgan fingerprint density at radius 2 is 0.615 bits per heavy atom. The van der Waals surface area contributed by atoms with E-state index in [0.717, 1.165) is 21.6 Å². The van der Waals surface area contributed by atoms with Crippen LogP contribution in [0.25, 0.3) is 107 Å². The Balaban J connectivity index is 0.000000128. The van der Waals surface area contributed by atoms with Crippen LogP contribution in [0, 0.1) is 0 Å². The number of halogens is 1. The fraction of sp³-hybridized carbons (Fsp3) is 0.286. The number of rotatable bonds is 6. The van der Waals surface area contributed by atoms with Gasteiger partial charge < -0.3 is 27.9 Å². The van der Waals surface area contributed by atoms with Gasteiger partial charge in [0.05, 0.1) is 33.6 Å². The predicted molar refractivity (Wildman–Crippen MR) is 408 cm³/mol. The molecule has 96 heavy (non-hydrogen) atoms. The standard InChI is InChI=1S/C39H35BO2S.C33H23ClS.C12H24B2O4/c1-37(2)33-16-9-7-12-29(33)30-19-18-24(23-34(30)37)25-20-26(22-27(21-25)40-41-38(3,4)39(5,6)42-40)28-14-11-15-32-31-13-8-10-17-35(31)43-36(28)32;1-33(2)29-12-5-3-8-25(29)26-15-14-20(19-30(26)33)21-16-22(18-23(34)17-21)24-10-7-11-28-27-9-4-6-13-31(27)35-32(24)28;1-9(2)10(3,4)16-13(15-9)14-17-11(5,6)12(7,8)18-14/h7-23H,1-6H3;3-19H,1-2H3;1-8H3. The first kappa shape index (κ1) is 64.9. The molecule has 482 valence electrons. The molecule has 3 saturated heterocycles. The molecule has 0 unspecified atom stereocenters. The lowest BCUT2D eigenvalue weighted by Gasteiger charge is -2.32. The smallest absolute Gasteiger partial charge is 0.405 e. The van der Waals surface area contributed by atoms with Gasteiger partial charge in [-0.3, -0.25) is 0 Å². The van der Waals surface area contributed by atoms with Crippen molar-refractivity contribution in [3.63, 3.8) is 0 Å². The first-order valence-electron chi connectivity index (χ1n) is 33.8. The van der Waals surface area contributed by atoms with E-state index in [1.165, 1.54) is 118 Å². The van der Waals surface area contributed by atoms with Crippen LogP contribution in [0.5, 0.6) is 0 Å². The lowest BCUT2D eigenvalue weighted by atomic mass is 9.49. The molecule has 0 bridgehead atoms. The van der Waals surface area contributed by atoms with E-state index in [9.17, 15) is 0 Å². The van der Waals surface area contributed by atoms with Crippen molar-refractivity contribution >= 4 is 101 Å². The molecule has 3 fully saturated rings. The highest BCUT2D eigenvalue weighted by Gasteiger charge is 2.64. The fourth-order valence-electron chi connectivity index (χ4n) is 14.7. The van der Waals surface area contributed by atoms with Gasteiger partial charge in [-0.05, 0) is 226 Å². The minimum atomic E-state index is -0.476. The van der Waals surface area contributed by atoms with Crippen LogP contribution in [0.4, 0.5) is 0 Å². The summed E-state index contributed by atoms with van der Waals surface area (Å²) < 4.78 is 42.3. The van der Waals surface area contributed by atoms with E-state index < -0.39 is 32.3 Å². The van der Waals surface area contributed by atoms with Crippen LogP contribution >= 0.6 is 34.3 Å². The quantitative estimate of drug-likeness (QED) is 0.155. The lowest BCUT2D eigenvalue weighted by molar-refractivity contribution is 0.00578. The van der Waals surface area contributed by atoms with Crippen molar-refractivity contribution in [3.8, 4) is 66.8 Å². The third-order valence-corrected chi connectivity index (χ3v) is 25.1. The van der Waals surface area contributed by atoms with Crippen LogP contribution in [0.1, 0.15) is 133 Å². The van der Waals surface area contributed by atoms with Gasteiger partial charge in [0.2, 0.25) is 0 Å². The predicted octanol–water partition coefficient (Wildman–Crippen LogP) is 22.6. The lowest BCUT2D eigenvalue weighted by Crippen LogP contribution is -2.41. The van der Waals surface area contributed by atoms with Crippen LogP contribution in [0.2, 0.25) is 5.02 Å². The highest BCUT2D eigenvalue weighted by Crippen LogP contribution is 2.53. The Morgan fingerprint density at radius 1 is 0.281 bits per heavy atom. The normalized spacial score (nSPS) is 19.0. The second-order valence-electron chi connectivity index (χ2n) is 30.8. The minimum absolute atomic E-state index is 0.0218. The number of hydrogen-bond acceptors (Lipinski definition) is 8. The van der Waals surface area contributed by atoms with Gasteiger partial charge >= 0.3 is 21.1 Å². The summed E-state index contributed by atoms with van der Waals surface area (Å²) in [5, 5.41) is 6.00. The molecule has 12 aromatic rings. The average Bonchev–Trinajstić information content (AvgIpc) is 1.57. The molecule has 2 aliphatic carbocycles. The Morgan fingerprint density at radius 3 is 1.06 bits per heavy atom. The van der Waals surface area contributed by atoms with Gasteiger partial charge in [-0.2, -0.15) is 0 Å². The first-order chi connectivity index (χ1) is 45.4. The molecule has 12 heteroatoms. The van der Waals surface area contributed by atoms with Crippen molar-refractivity contribution in [3.05, 3.63) is 234 Å². The van der Waals surface area contributed by atoms with Crippen molar-refractivity contribution in [2.75, 3.05) is 0 Å². The summed E-state index contributed by atoms with van der Waals surface area (Å²) in [6, 6.07) is 75.5. The Kier molecular flexibility index (Phi) is 15.5. The summed E-state index contributed by atoms with van der Waals surface area (Å²) in [7, 11) is -1.40. The Bertz CT molecular complexity index is 5030. The molecule has 0 amide bonds. The molecular formula is C84H82B3ClO6S2. The van der Waals surface area contributed by atoms with E-state index in [1.54, 1.807) is 0 Å². The Hall–Kier alpha value is -7.12. The number of benzene rings is 10. The molecule has 0 saturated carbocycles.